The van der Waals surface area contributed by atoms with E-state index in [9.17, 15) is 0 Å². The summed E-state index contributed by atoms with van der Waals surface area (Å²) in [6.07, 6.45) is 2.42. The molecule has 2 heteroatoms. The zero-order valence-electron chi connectivity index (χ0n) is 7.82. The first-order chi connectivity index (χ1) is 6.34. The zero-order valence-corrected chi connectivity index (χ0v) is 7.82. The van der Waals surface area contributed by atoms with Gasteiger partial charge in [-0.15, -0.1) is 0 Å². The van der Waals surface area contributed by atoms with Crippen molar-refractivity contribution in [3.8, 4) is 0 Å². The molecule has 1 saturated heterocycles. The summed E-state index contributed by atoms with van der Waals surface area (Å²) >= 11 is 0. The van der Waals surface area contributed by atoms with E-state index in [1.54, 1.807) is 0 Å². The Morgan fingerprint density at radius 3 is 2.69 bits per heavy atom. The lowest BCUT2D eigenvalue weighted by molar-refractivity contribution is 0.338. The first kappa shape index (κ1) is 8.73. The number of nitrogens with zero attached hydrogens (tertiary/aromatic N) is 1. The third-order valence-corrected chi connectivity index (χ3v) is 2.68. The number of rotatable bonds is 2. The van der Waals surface area contributed by atoms with Gasteiger partial charge < -0.3 is 0 Å². The van der Waals surface area contributed by atoms with Crippen LogP contribution in [0.4, 0.5) is 0 Å². The third-order valence-electron chi connectivity index (χ3n) is 2.68. The van der Waals surface area contributed by atoms with E-state index < -0.39 is 0 Å². The summed E-state index contributed by atoms with van der Waals surface area (Å²) in [5, 5.41) is 1.92. The highest BCUT2D eigenvalue weighted by atomic mass is 15.4. The van der Waals surface area contributed by atoms with Gasteiger partial charge in [0.2, 0.25) is 0 Å². The van der Waals surface area contributed by atoms with Crippen LogP contribution in [0.3, 0.4) is 0 Å². The number of hydrogen-bond donors (Lipinski definition) is 1. The van der Waals surface area contributed by atoms with Crippen molar-refractivity contribution in [3.05, 3.63) is 35.9 Å². The van der Waals surface area contributed by atoms with Gasteiger partial charge in [0.15, 0.2) is 0 Å². The fourth-order valence-electron chi connectivity index (χ4n) is 1.98. The van der Waals surface area contributed by atoms with Crippen molar-refractivity contribution < 1.29 is 0 Å². The first-order valence-electron chi connectivity index (χ1n) is 4.88. The monoisotopic (exact) mass is 176 g/mol. The smallest absolute Gasteiger partial charge is 0.0160 e. The maximum atomic E-state index is 5.71. The average Bonchev–Trinajstić information content (AvgIpc) is 2.53. The van der Waals surface area contributed by atoms with Crippen molar-refractivity contribution in [2.45, 2.75) is 12.8 Å². The number of nitrogens with two attached hydrogens (primary N) is 1. The molecule has 1 atom stereocenters. The minimum absolute atomic E-state index is 0.757. The second-order valence-electron chi connectivity index (χ2n) is 3.84. The Kier molecular flexibility index (Phi) is 2.62. The SMILES string of the molecule is NN1CCC(Cc2ccccc2)C1. The topological polar surface area (TPSA) is 29.3 Å². The van der Waals surface area contributed by atoms with Gasteiger partial charge in [-0.25, -0.2) is 5.01 Å². The van der Waals surface area contributed by atoms with Crippen LogP contribution in [0.2, 0.25) is 0 Å². The van der Waals surface area contributed by atoms with Gasteiger partial charge in [0.25, 0.3) is 0 Å². The Morgan fingerprint density at radius 2 is 2.08 bits per heavy atom. The highest BCUT2D eigenvalue weighted by molar-refractivity contribution is 5.15. The minimum atomic E-state index is 0.757. The molecule has 1 heterocycles. The molecule has 1 fully saturated rings. The summed E-state index contributed by atoms with van der Waals surface area (Å²) < 4.78 is 0. The minimum Gasteiger partial charge on any atom is -0.269 e. The van der Waals surface area contributed by atoms with Gasteiger partial charge in [0.05, 0.1) is 0 Å². The van der Waals surface area contributed by atoms with Gasteiger partial charge in [-0.3, -0.25) is 5.84 Å². The molecule has 2 rings (SSSR count). The molecule has 0 bridgehead atoms. The summed E-state index contributed by atoms with van der Waals surface area (Å²) in [5.41, 5.74) is 1.43. The van der Waals surface area contributed by atoms with Gasteiger partial charge in [-0.05, 0) is 24.3 Å². The summed E-state index contributed by atoms with van der Waals surface area (Å²) in [4.78, 5) is 0. The van der Waals surface area contributed by atoms with Crippen LogP contribution < -0.4 is 5.84 Å². The molecule has 2 nitrogen and oxygen atoms in total. The number of hydrogen-bond acceptors (Lipinski definition) is 2. The lowest BCUT2D eigenvalue weighted by atomic mass is 9.99. The zero-order chi connectivity index (χ0) is 9.10. The van der Waals surface area contributed by atoms with Crippen molar-refractivity contribution >= 4 is 0 Å². The van der Waals surface area contributed by atoms with Crippen LogP contribution in [-0.4, -0.2) is 18.1 Å². The average molecular weight is 176 g/mol. The Hall–Kier alpha value is -0.860. The molecule has 2 N–H and O–H groups in total. The van der Waals surface area contributed by atoms with Crippen LogP contribution in [0.5, 0.6) is 0 Å². The highest BCUT2D eigenvalue weighted by Crippen LogP contribution is 2.18. The molecule has 0 radical (unpaired) electrons. The molecule has 0 aliphatic carbocycles. The summed E-state index contributed by atoms with van der Waals surface area (Å²) in [7, 11) is 0. The predicted octanol–water partition coefficient (Wildman–Crippen LogP) is 1.42. The molecule has 1 unspecified atom stereocenters. The van der Waals surface area contributed by atoms with Crippen LogP contribution >= 0.6 is 0 Å². The highest BCUT2D eigenvalue weighted by Gasteiger charge is 2.19. The van der Waals surface area contributed by atoms with Gasteiger partial charge in [0, 0.05) is 13.1 Å². The summed E-state index contributed by atoms with van der Waals surface area (Å²) in [6.45, 7) is 2.10. The quantitative estimate of drug-likeness (QED) is 0.691. The fourth-order valence-corrected chi connectivity index (χ4v) is 1.98. The molecule has 1 aliphatic rings. The Bertz CT molecular complexity index is 258. The molecule has 13 heavy (non-hydrogen) atoms. The molecule has 0 amide bonds. The predicted molar refractivity (Wildman–Crippen MR) is 54.0 cm³/mol. The molecule has 0 aromatic heterocycles. The molecule has 70 valence electrons. The second-order valence-corrected chi connectivity index (χ2v) is 3.84. The Morgan fingerprint density at radius 1 is 1.31 bits per heavy atom. The summed E-state index contributed by atoms with van der Waals surface area (Å²) in [6, 6.07) is 10.7. The van der Waals surface area contributed by atoms with Crippen LogP contribution in [-0.2, 0) is 6.42 Å². The van der Waals surface area contributed by atoms with E-state index in [0.717, 1.165) is 19.0 Å². The van der Waals surface area contributed by atoms with E-state index in [2.05, 4.69) is 30.3 Å². The van der Waals surface area contributed by atoms with Crippen molar-refractivity contribution in [3.63, 3.8) is 0 Å². The van der Waals surface area contributed by atoms with Gasteiger partial charge in [-0.2, -0.15) is 0 Å². The van der Waals surface area contributed by atoms with Crippen molar-refractivity contribution in [2.24, 2.45) is 11.8 Å². The van der Waals surface area contributed by atoms with E-state index in [-0.39, 0.29) is 0 Å². The van der Waals surface area contributed by atoms with Crippen molar-refractivity contribution in [1.82, 2.24) is 5.01 Å². The standard InChI is InChI=1S/C11H16N2/c12-13-7-6-11(9-13)8-10-4-2-1-3-5-10/h1-5,11H,6-9,12H2. The van der Waals surface area contributed by atoms with Crippen LogP contribution in [0.1, 0.15) is 12.0 Å². The lowest BCUT2D eigenvalue weighted by Crippen LogP contribution is -2.28. The molecule has 1 aromatic carbocycles. The van der Waals surface area contributed by atoms with E-state index in [1.165, 1.54) is 18.4 Å². The van der Waals surface area contributed by atoms with E-state index in [0.29, 0.717) is 0 Å². The van der Waals surface area contributed by atoms with Gasteiger partial charge >= 0.3 is 0 Å². The first-order valence-corrected chi connectivity index (χ1v) is 4.88. The van der Waals surface area contributed by atoms with E-state index >= 15 is 0 Å². The van der Waals surface area contributed by atoms with Crippen LogP contribution in [0.25, 0.3) is 0 Å². The fraction of sp³-hybridized carbons (Fsp3) is 0.455. The maximum Gasteiger partial charge on any atom is 0.0160 e. The Labute approximate surface area is 79.3 Å². The van der Waals surface area contributed by atoms with Crippen LogP contribution in [0, 0.1) is 5.92 Å². The van der Waals surface area contributed by atoms with E-state index in [4.69, 9.17) is 5.84 Å². The number of hydrazine groups is 1. The molecule has 1 aromatic rings. The largest absolute Gasteiger partial charge is 0.269 e. The normalized spacial score (nSPS) is 23.6. The van der Waals surface area contributed by atoms with Crippen LogP contribution in [0.15, 0.2) is 30.3 Å². The molecule has 0 spiro atoms. The second kappa shape index (κ2) is 3.90. The molecular weight excluding hydrogens is 160 g/mol. The third kappa shape index (κ3) is 2.29. The van der Waals surface area contributed by atoms with Gasteiger partial charge in [-0.1, -0.05) is 30.3 Å². The lowest BCUT2D eigenvalue weighted by Gasteiger charge is -2.09. The Balaban J connectivity index is 1.92. The molecule has 1 aliphatic heterocycles. The summed E-state index contributed by atoms with van der Waals surface area (Å²) in [5.74, 6) is 6.47. The molecule has 0 saturated carbocycles. The number of benzene rings is 1. The van der Waals surface area contributed by atoms with E-state index in [1.807, 2.05) is 5.01 Å². The van der Waals surface area contributed by atoms with Crippen molar-refractivity contribution in [2.75, 3.05) is 13.1 Å². The van der Waals surface area contributed by atoms with Gasteiger partial charge in [0.1, 0.15) is 0 Å². The van der Waals surface area contributed by atoms with Crippen molar-refractivity contribution in [1.29, 1.82) is 0 Å². The maximum absolute atomic E-state index is 5.71. The molecular formula is C11H16N2.